The molecule has 0 spiro atoms. The lowest BCUT2D eigenvalue weighted by atomic mass is 10.1. The van der Waals surface area contributed by atoms with Crippen LogP contribution in [0.15, 0.2) is 42.9 Å². The van der Waals surface area contributed by atoms with Crippen LogP contribution in [0.3, 0.4) is 0 Å². The molecule has 2 aliphatic heterocycles. The molecule has 0 aliphatic carbocycles. The molecule has 4 aromatic rings. The topological polar surface area (TPSA) is 140 Å². The number of anilines is 4. The van der Waals surface area contributed by atoms with Crippen LogP contribution in [0.5, 0.6) is 17.2 Å². The molecule has 0 unspecified atom stereocenters. The second kappa shape index (κ2) is 13.6. The third-order valence-corrected chi connectivity index (χ3v) is 8.59. The molecule has 1 atom stereocenters. The largest absolute Gasteiger partial charge is 0.493 e. The molecule has 0 saturated carbocycles. The fourth-order valence-electron chi connectivity index (χ4n) is 6.15. The van der Waals surface area contributed by atoms with Gasteiger partial charge >= 0.3 is 6.09 Å². The smallest absolute Gasteiger partial charge is 0.410 e. The van der Waals surface area contributed by atoms with Crippen LogP contribution in [0.25, 0.3) is 16.6 Å². The zero-order chi connectivity index (χ0) is 34.0. The van der Waals surface area contributed by atoms with Crippen molar-refractivity contribution in [2.45, 2.75) is 45.3 Å². The van der Waals surface area contributed by atoms with Gasteiger partial charge in [-0.1, -0.05) is 0 Å². The Morgan fingerprint density at radius 2 is 1.69 bits per heavy atom. The summed E-state index contributed by atoms with van der Waals surface area (Å²) in [6, 6.07) is 9.79. The summed E-state index contributed by atoms with van der Waals surface area (Å²) in [6.07, 6.45) is 5.10. The van der Waals surface area contributed by atoms with Crippen LogP contribution >= 0.6 is 0 Å². The Hall–Kier alpha value is -4.98. The van der Waals surface area contributed by atoms with E-state index in [4.69, 9.17) is 28.9 Å². The number of nitrogens with zero attached hydrogens (tertiary/aromatic N) is 7. The van der Waals surface area contributed by atoms with Crippen molar-refractivity contribution < 1.29 is 28.8 Å². The molecule has 14 nitrogen and oxygen atoms in total. The number of hydrogen-bond donors (Lipinski definition) is 2. The van der Waals surface area contributed by atoms with Crippen LogP contribution in [0.1, 0.15) is 33.6 Å². The van der Waals surface area contributed by atoms with Crippen LogP contribution in [0.2, 0.25) is 0 Å². The van der Waals surface area contributed by atoms with E-state index >= 15 is 0 Å². The Labute approximate surface area is 280 Å². The van der Waals surface area contributed by atoms with Crippen LogP contribution in [-0.4, -0.2) is 108 Å². The van der Waals surface area contributed by atoms with Crippen molar-refractivity contribution in [2.24, 2.45) is 0 Å². The highest BCUT2D eigenvalue weighted by atomic mass is 16.6. The quantitative estimate of drug-likeness (QED) is 0.259. The molecule has 2 aromatic carbocycles. The number of aromatic nitrogens is 4. The number of piperazine rings is 1. The summed E-state index contributed by atoms with van der Waals surface area (Å²) in [5, 5.41) is 14.3. The van der Waals surface area contributed by atoms with Gasteiger partial charge in [-0.15, -0.1) is 0 Å². The van der Waals surface area contributed by atoms with Crippen molar-refractivity contribution in [2.75, 3.05) is 75.8 Å². The summed E-state index contributed by atoms with van der Waals surface area (Å²) in [5.74, 6) is 3.32. The number of aliphatic hydroxyl groups is 1. The van der Waals surface area contributed by atoms with Gasteiger partial charge in [-0.25, -0.2) is 14.8 Å². The van der Waals surface area contributed by atoms with Gasteiger partial charge in [-0.05, 0) is 51.8 Å². The summed E-state index contributed by atoms with van der Waals surface area (Å²) in [4.78, 5) is 33.3. The predicted octanol–water partition coefficient (Wildman–Crippen LogP) is 4.60. The summed E-state index contributed by atoms with van der Waals surface area (Å²) in [7, 11) is 4.73. The lowest BCUT2D eigenvalue weighted by molar-refractivity contribution is 0.0240. The summed E-state index contributed by atoms with van der Waals surface area (Å²) in [5.41, 5.74) is 2.02. The number of nitrogens with one attached hydrogen (secondary N) is 1. The highest BCUT2D eigenvalue weighted by Crippen LogP contribution is 2.39. The van der Waals surface area contributed by atoms with Crippen molar-refractivity contribution >= 4 is 40.3 Å². The van der Waals surface area contributed by atoms with Gasteiger partial charge in [0, 0.05) is 55.9 Å². The Morgan fingerprint density at radius 1 is 0.958 bits per heavy atom. The molecule has 2 N–H and O–H groups in total. The molecule has 14 heteroatoms. The van der Waals surface area contributed by atoms with E-state index < -0.39 is 5.60 Å². The molecule has 4 heterocycles. The number of amides is 1. The minimum Gasteiger partial charge on any atom is -0.493 e. The first-order valence-electron chi connectivity index (χ1n) is 16.1. The summed E-state index contributed by atoms with van der Waals surface area (Å²) in [6.45, 7) is 8.90. The van der Waals surface area contributed by atoms with E-state index in [-0.39, 0.29) is 18.7 Å². The fourth-order valence-corrected chi connectivity index (χ4v) is 6.15. The Balaban J connectivity index is 1.29. The van der Waals surface area contributed by atoms with Crippen molar-refractivity contribution in [3.63, 3.8) is 0 Å². The van der Waals surface area contributed by atoms with Gasteiger partial charge in [0.1, 0.15) is 23.6 Å². The molecule has 0 bridgehead atoms. The molecular weight excluding hydrogens is 616 g/mol. The number of carbonyl (C=O) groups is 1. The molecule has 2 aliphatic rings. The maximum absolute atomic E-state index is 12.6. The highest BCUT2D eigenvalue weighted by Gasteiger charge is 2.29. The maximum Gasteiger partial charge on any atom is 0.410 e. The summed E-state index contributed by atoms with van der Waals surface area (Å²) < 4.78 is 24.0. The SMILES string of the molecule is COc1cc(-n2cnc(Nc3nc(N4CCC[C@H]4CO)nc4cc(N5CCN(C(=O)OC(C)(C)C)CC5)ccc34)c2)cc(OC)c1OC. The second-order valence-corrected chi connectivity index (χ2v) is 12.9. The molecule has 6 rings (SSSR count). The second-order valence-electron chi connectivity index (χ2n) is 12.9. The fraction of sp³-hybridized carbons (Fsp3) is 0.471. The Morgan fingerprint density at radius 3 is 2.33 bits per heavy atom. The number of ether oxygens (including phenoxy) is 4. The normalized spacial score (nSPS) is 16.7. The molecule has 2 fully saturated rings. The summed E-state index contributed by atoms with van der Waals surface area (Å²) >= 11 is 0. The van der Waals surface area contributed by atoms with Gasteiger partial charge in [0.15, 0.2) is 11.5 Å². The number of methoxy groups -OCH3 is 3. The zero-order valence-corrected chi connectivity index (χ0v) is 28.4. The number of imidazole rings is 1. The maximum atomic E-state index is 12.6. The average molecular weight is 661 g/mol. The first kappa shape index (κ1) is 32.9. The Bertz CT molecular complexity index is 1740. The number of aliphatic hydroxyl groups excluding tert-OH is 1. The van der Waals surface area contributed by atoms with Gasteiger partial charge in [-0.2, -0.15) is 4.98 Å². The number of hydrogen-bond acceptors (Lipinski definition) is 12. The third kappa shape index (κ3) is 6.84. The number of rotatable bonds is 9. The highest BCUT2D eigenvalue weighted by molar-refractivity contribution is 5.93. The monoisotopic (exact) mass is 660 g/mol. The van der Waals surface area contributed by atoms with E-state index in [0.29, 0.717) is 61.0 Å². The standard InChI is InChI=1S/C34H44N8O6/c1-34(2,3)48-33(44)40-14-12-39(13-15-40)22-9-10-25-26(16-22)36-32(42-11-7-8-23(42)20-43)38-31(25)37-29-19-41(21-35-29)24-17-27(45-4)30(47-6)28(18-24)46-5/h9-10,16-19,21,23,43H,7-8,11-15,20H2,1-6H3,(H,36,37,38)/t23-/m0/s1. The Kier molecular flexibility index (Phi) is 9.35. The minimum atomic E-state index is -0.533. The molecule has 2 saturated heterocycles. The third-order valence-electron chi connectivity index (χ3n) is 8.59. The van der Waals surface area contributed by atoms with E-state index in [1.807, 2.05) is 49.7 Å². The molecule has 48 heavy (non-hydrogen) atoms. The number of fused-ring (bicyclic) bond motifs is 1. The lowest BCUT2D eigenvalue weighted by Crippen LogP contribution is -2.50. The molecule has 256 valence electrons. The van der Waals surface area contributed by atoms with E-state index in [2.05, 4.69) is 32.2 Å². The van der Waals surface area contributed by atoms with Crippen LogP contribution in [0.4, 0.5) is 28.1 Å². The minimum absolute atomic E-state index is 0.0331. The van der Waals surface area contributed by atoms with Crippen molar-refractivity contribution in [3.05, 3.63) is 42.9 Å². The molecule has 1 amide bonds. The van der Waals surface area contributed by atoms with Crippen molar-refractivity contribution in [3.8, 4) is 22.9 Å². The molecular formula is C34H44N8O6. The van der Waals surface area contributed by atoms with Crippen LogP contribution in [0, 0.1) is 0 Å². The van der Waals surface area contributed by atoms with Crippen molar-refractivity contribution in [1.29, 1.82) is 0 Å². The first-order chi connectivity index (χ1) is 23.1. The van der Waals surface area contributed by atoms with Gasteiger partial charge < -0.3 is 48.6 Å². The van der Waals surface area contributed by atoms with Gasteiger partial charge in [-0.3, -0.25) is 0 Å². The first-order valence-corrected chi connectivity index (χ1v) is 16.1. The zero-order valence-electron chi connectivity index (χ0n) is 28.4. The predicted molar refractivity (Wildman–Crippen MR) is 184 cm³/mol. The van der Waals surface area contributed by atoms with Crippen LogP contribution in [-0.2, 0) is 4.74 Å². The van der Waals surface area contributed by atoms with E-state index in [1.54, 1.807) is 32.6 Å². The van der Waals surface area contributed by atoms with E-state index in [0.717, 1.165) is 41.7 Å². The van der Waals surface area contributed by atoms with Gasteiger partial charge in [0.25, 0.3) is 0 Å². The van der Waals surface area contributed by atoms with Gasteiger partial charge in [0.2, 0.25) is 11.7 Å². The lowest BCUT2D eigenvalue weighted by Gasteiger charge is -2.36. The van der Waals surface area contributed by atoms with Crippen LogP contribution < -0.4 is 29.3 Å². The number of carbonyl (C=O) groups excluding carboxylic acids is 1. The van der Waals surface area contributed by atoms with E-state index in [9.17, 15) is 9.90 Å². The molecule has 2 aromatic heterocycles. The van der Waals surface area contributed by atoms with E-state index in [1.165, 1.54) is 0 Å². The van der Waals surface area contributed by atoms with Crippen molar-refractivity contribution in [1.82, 2.24) is 24.4 Å². The van der Waals surface area contributed by atoms with Gasteiger partial charge in [0.05, 0.1) is 51.4 Å². The molecule has 0 radical (unpaired) electrons. The number of benzene rings is 2. The average Bonchev–Trinajstić information content (AvgIpc) is 3.76.